The van der Waals surface area contributed by atoms with Gasteiger partial charge in [0.25, 0.3) is 0 Å². The highest BCUT2D eigenvalue weighted by molar-refractivity contribution is 9.10. The van der Waals surface area contributed by atoms with Crippen LogP contribution in [0.4, 0.5) is 0 Å². The predicted octanol–water partition coefficient (Wildman–Crippen LogP) is 3.92. The number of ether oxygens (including phenoxy) is 2. The lowest BCUT2D eigenvalue weighted by atomic mass is 9.88. The minimum Gasteiger partial charge on any atom is -0.496 e. The Labute approximate surface area is 133 Å². The van der Waals surface area contributed by atoms with E-state index in [1.54, 1.807) is 21.1 Å². The van der Waals surface area contributed by atoms with Gasteiger partial charge in [0.15, 0.2) is 0 Å². The van der Waals surface area contributed by atoms with Gasteiger partial charge in [-0.05, 0) is 46.6 Å². The smallest absolute Gasteiger partial charge is 0.133 e. The third-order valence-corrected chi connectivity index (χ3v) is 4.07. The van der Waals surface area contributed by atoms with Crippen LogP contribution in [0.3, 0.4) is 0 Å². The molecule has 0 fully saturated rings. The molecule has 0 heterocycles. The molecule has 3 nitrogen and oxygen atoms in total. The Hall–Kier alpha value is -1.52. The van der Waals surface area contributed by atoms with Crippen LogP contribution < -0.4 is 9.47 Å². The zero-order chi connectivity index (χ0) is 15.5. The molecule has 0 aliphatic carbocycles. The van der Waals surface area contributed by atoms with E-state index in [4.69, 9.17) is 9.47 Å². The van der Waals surface area contributed by atoms with E-state index in [0.29, 0.717) is 12.2 Å². The average molecular weight is 351 g/mol. The van der Waals surface area contributed by atoms with Crippen molar-refractivity contribution < 1.29 is 14.6 Å². The first-order valence-electron chi connectivity index (χ1n) is 6.66. The van der Waals surface area contributed by atoms with Crippen LogP contribution in [0.15, 0.2) is 46.9 Å². The summed E-state index contributed by atoms with van der Waals surface area (Å²) in [6.45, 7) is 1.79. The van der Waals surface area contributed by atoms with Gasteiger partial charge in [0.05, 0.1) is 24.3 Å². The molecule has 0 saturated carbocycles. The Kier molecular flexibility index (Phi) is 4.91. The second-order valence-electron chi connectivity index (χ2n) is 5.12. The minimum atomic E-state index is -1.01. The molecule has 112 valence electrons. The molecule has 0 bridgehead atoms. The van der Waals surface area contributed by atoms with Gasteiger partial charge >= 0.3 is 0 Å². The quantitative estimate of drug-likeness (QED) is 0.888. The molecule has 0 aliphatic rings. The normalized spacial score (nSPS) is 13.6. The third-order valence-electron chi connectivity index (χ3n) is 3.45. The maximum atomic E-state index is 10.8. The molecule has 0 radical (unpaired) electrons. The van der Waals surface area contributed by atoms with E-state index in [1.807, 2.05) is 42.5 Å². The maximum Gasteiger partial charge on any atom is 0.133 e. The van der Waals surface area contributed by atoms with Gasteiger partial charge in [-0.15, -0.1) is 0 Å². The van der Waals surface area contributed by atoms with Crippen LogP contribution in [0, 0.1) is 0 Å². The topological polar surface area (TPSA) is 38.7 Å². The van der Waals surface area contributed by atoms with E-state index in [2.05, 4.69) is 15.9 Å². The first kappa shape index (κ1) is 15.9. The summed E-state index contributed by atoms with van der Waals surface area (Å²) < 4.78 is 11.4. The fraction of sp³-hybridized carbons (Fsp3) is 0.294. The predicted molar refractivity (Wildman–Crippen MR) is 87.0 cm³/mol. The molecule has 1 N–H and O–H groups in total. The molecule has 1 atom stereocenters. The van der Waals surface area contributed by atoms with Gasteiger partial charge in [-0.3, -0.25) is 0 Å². The lowest BCUT2D eigenvalue weighted by molar-refractivity contribution is 0.0549. The maximum absolute atomic E-state index is 10.8. The molecule has 0 amide bonds. The summed E-state index contributed by atoms with van der Waals surface area (Å²) in [6, 6.07) is 13.3. The van der Waals surface area contributed by atoms with Crippen molar-refractivity contribution in [1.82, 2.24) is 0 Å². The van der Waals surface area contributed by atoms with E-state index in [9.17, 15) is 5.11 Å². The van der Waals surface area contributed by atoms with Gasteiger partial charge in [-0.25, -0.2) is 0 Å². The number of halogens is 1. The van der Waals surface area contributed by atoms with Crippen LogP contribution in [0.1, 0.15) is 18.1 Å². The molecule has 0 saturated heterocycles. The number of hydrogen-bond acceptors (Lipinski definition) is 3. The Morgan fingerprint density at radius 1 is 1.05 bits per heavy atom. The number of aliphatic hydroxyl groups is 1. The molecule has 2 rings (SSSR count). The molecule has 2 aromatic carbocycles. The van der Waals surface area contributed by atoms with Gasteiger partial charge in [-0.1, -0.05) is 24.3 Å². The Morgan fingerprint density at radius 2 is 1.71 bits per heavy atom. The van der Waals surface area contributed by atoms with Crippen molar-refractivity contribution in [2.45, 2.75) is 18.9 Å². The van der Waals surface area contributed by atoms with E-state index < -0.39 is 5.60 Å². The van der Waals surface area contributed by atoms with Gasteiger partial charge in [0.1, 0.15) is 11.5 Å². The van der Waals surface area contributed by atoms with Crippen molar-refractivity contribution in [3.63, 3.8) is 0 Å². The highest BCUT2D eigenvalue weighted by Gasteiger charge is 2.27. The van der Waals surface area contributed by atoms with Gasteiger partial charge in [0.2, 0.25) is 0 Å². The zero-order valence-electron chi connectivity index (χ0n) is 12.4. The van der Waals surface area contributed by atoms with Crippen molar-refractivity contribution in [2.24, 2.45) is 0 Å². The van der Waals surface area contributed by atoms with Crippen molar-refractivity contribution in [2.75, 3.05) is 14.2 Å². The van der Waals surface area contributed by atoms with Crippen LogP contribution in [-0.2, 0) is 12.0 Å². The van der Waals surface area contributed by atoms with Crippen LogP contribution in [0.2, 0.25) is 0 Å². The molecule has 1 unspecified atom stereocenters. The summed E-state index contributed by atoms with van der Waals surface area (Å²) in [4.78, 5) is 0. The lowest BCUT2D eigenvalue weighted by Gasteiger charge is -2.26. The molecule has 21 heavy (non-hydrogen) atoms. The summed E-state index contributed by atoms with van der Waals surface area (Å²) in [5.74, 6) is 1.46. The number of rotatable bonds is 5. The minimum absolute atomic E-state index is 0.482. The second-order valence-corrected chi connectivity index (χ2v) is 5.97. The monoisotopic (exact) mass is 350 g/mol. The van der Waals surface area contributed by atoms with Crippen LogP contribution in [0.25, 0.3) is 0 Å². The van der Waals surface area contributed by atoms with Crippen molar-refractivity contribution in [3.05, 3.63) is 58.1 Å². The number of benzene rings is 2. The number of para-hydroxylation sites is 1. The van der Waals surface area contributed by atoms with E-state index in [-0.39, 0.29) is 0 Å². The summed E-state index contributed by atoms with van der Waals surface area (Å²) >= 11 is 3.47. The molecular formula is C17H19BrO3. The van der Waals surface area contributed by atoms with Crippen molar-refractivity contribution >= 4 is 15.9 Å². The van der Waals surface area contributed by atoms with Crippen LogP contribution in [0.5, 0.6) is 11.5 Å². The first-order valence-corrected chi connectivity index (χ1v) is 7.45. The Bertz CT molecular complexity index is 623. The van der Waals surface area contributed by atoms with E-state index in [0.717, 1.165) is 21.3 Å². The zero-order valence-corrected chi connectivity index (χ0v) is 14.0. The average Bonchev–Trinajstić information content (AvgIpc) is 2.47. The number of methoxy groups -OCH3 is 2. The summed E-state index contributed by atoms with van der Waals surface area (Å²) in [7, 11) is 3.24. The molecule has 0 aromatic heterocycles. The van der Waals surface area contributed by atoms with Crippen molar-refractivity contribution in [3.8, 4) is 11.5 Å². The van der Waals surface area contributed by atoms with E-state index in [1.165, 1.54) is 0 Å². The number of hydrogen-bond donors (Lipinski definition) is 1. The fourth-order valence-electron chi connectivity index (χ4n) is 2.40. The molecular weight excluding hydrogens is 332 g/mol. The first-order chi connectivity index (χ1) is 9.97. The summed E-state index contributed by atoms with van der Waals surface area (Å²) in [5, 5.41) is 10.8. The van der Waals surface area contributed by atoms with Gasteiger partial charge in [-0.2, -0.15) is 0 Å². The molecule has 0 aliphatic heterocycles. The highest BCUT2D eigenvalue weighted by Crippen LogP contribution is 2.34. The highest BCUT2D eigenvalue weighted by atomic mass is 79.9. The SMILES string of the molecule is COc1ccc(CC(C)(O)c2ccccc2OC)cc1Br. The van der Waals surface area contributed by atoms with Crippen molar-refractivity contribution in [1.29, 1.82) is 0 Å². The van der Waals surface area contributed by atoms with Crippen LogP contribution in [-0.4, -0.2) is 19.3 Å². The Morgan fingerprint density at radius 3 is 2.33 bits per heavy atom. The third kappa shape index (κ3) is 3.57. The fourth-order valence-corrected chi connectivity index (χ4v) is 2.99. The standard InChI is InChI=1S/C17H19BrO3/c1-17(19,13-6-4-5-7-15(13)20-2)11-12-8-9-16(21-3)14(18)10-12/h4-10,19H,11H2,1-3H3. The molecule has 4 heteroatoms. The summed E-state index contributed by atoms with van der Waals surface area (Å²) in [5.41, 5.74) is 0.777. The van der Waals surface area contributed by atoms with Gasteiger partial charge in [0, 0.05) is 12.0 Å². The molecule has 2 aromatic rings. The second kappa shape index (κ2) is 6.50. The van der Waals surface area contributed by atoms with E-state index >= 15 is 0 Å². The molecule has 0 spiro atoms. The largest absolute Gasteiger partial charge is 0.496 e. The lowest BCUT2D eigenvalue weighted by Crippen LogP contribution is -2.25. The van der Waals surface area contributed by atoms with Gasteiger partial charge < -0.3 is 14.6 Å². The van der Waals surface area contributed by atoms with Crippen LogP contribution >= 0.6 is 15.9 Å². The summed E-state index contributed by atoms with van der Waals surface area (Å²) in [6.07, 6.45) is 0.482. The Balaban J connectivity index is 2.30.